The molecule has 2 N–H and O–H groups in total. The van der Waals surface area contributed by atoms with Crippen LogP contribution in [0.15, 0.2) is 47.0 Å². The van der Waals surface area contributed by atoms with Gasteiger partial charge in [0.05, 0.1) is 13.1 Å². The van der Waals surface area contributed by atoms with E-state index in [0.717, 1.165) is 22.2 Å². The van der Waals surface area contributed by atoms with Crippen molar-refractivity contribution in [2.24, 2.45) is 4.99 Å². The van der Waals surface area contributed by atoms with Crippen LogP contribution in [-0.2, 0) is 13.1 Å². The first kappa shape index (κ1) is 16.1. The van der Waals surface area contributed by atoms with E-state index in [1.807, 2.05) is 47.2 Å². The lowest BCUT2D eigenvalue weighted by atomic mass is 10.3. The van der Waals surface area contributed by atoms with Gasteiger partial charge in [0.25, 0.3) is 0 Å². The lowest BCUT2D eigenvalue weighted by Crippen LogP contribution is -2.36. The van der Waals surface area contributed by atoms with Crippen molar-refractivity contribution < 1.29 is 0 Å². The first-order chi connectivity index (χ1) is 11.8. The standard InChI is InChI=1S/C16H19N7S/c1-12-10-24-15(21-12)9-19-16(17-2)18-8-14-22-20-11-23(14)13-6-4-3-5-7-13/h3-7,10-11H,8-9H2,1-2H3,(H2,17,18,19). The molecule has 1 aromatic carbocycles. The number of guanidine groups is 1. The summed E-state index contributed by atoms with van der Waals surface area (Å²) < 4.78 is 1.95. The quantitative estimate of drug-likeness (QED) is 0.547. The predicted octanol–water partition coefficient (Wildman–Crippen LogP) is 1.90. The molecule has 0 saturated carbocycles. The van der Waals surface area contributed by atoms with Crippen molar-refractivity contribution >= 4 is 17.3 Å². The smallest absolute Gasteiger partial charge is 0.191 e. The number of benzene rings is 1. The van der Waals surface area contributed by atoms with E-state index >= 15 is 0 Å². The number of nitrogens with one attached hydrogen (secondary N) is 2. The van der Waals surface area contributed by atoms with Gasteiger partial charge >= 0.3 is 0 Å². The largest absolute Gasteiger partial charge is 0.350 e. The van der Waals surface area contributed by atoms with Crippen molar-refractivity contribution in [3.8, 4) is 5.69 Å². The van der Waals surface area contributed by atoms with Crippen LogP contribution in [-0.4, -0.2) is 32.8 Å². The first-order valence-corrected chi connectivity index (χ1v) is 8.44. The molecule has 24 heavy (non-hydrogen) atoms. The monoisotopic (exact) mass is 341 g/mol. The molecule has 124 valence electrons. The Morgan fingerprint density at radius 2 is 2.00 bits per heavy atom. The van der Waals surface area contributed by atoms with Gasteiger partial charge in [-0.2, -0.15) is 0 Å². The number of aliphatic imine (C=N–C) groups is 1. The third-order valence-electron chi connectivity index (χ3n) is 3.36. The SMILES string of the molecule is CN=C(NCc1nc(C)cs1)NCc1nncn1-c1ccccc1. The fourth-order valence-corrected chi connectivity index (χ4v) is 2.92. The lowest BCUT2D eigenvalue weighted by molar-refractivity contribution is 0.752. The molecule has 0 radical (unpaired) electrons. The van der Waals surface area contributed by atoms with Crippen molar-refractivity contribution in [3.63, 3.8) is 0 Å². The van der Waals surface area contributed by atoms with E-state index in [2.05, 4.69) is 30.8 Å². The average Bonchev–Trinajstić information content (AvgIpc) is 3.25. The van der Waals surface area contributed by atoms with Crippen molar-refractivity contribution in [1.29, 1.82) is 0 Å². The molecule has 0 fully saturated rings. The Balaban J connectivity index is 1.59. The zero-order chi connectivity index (χ0) is 16.8. The summed E-state index contributed by atoms with van der Waals surface area (Å²) in [6.07, 6.45) is 1.71. The molecule has 0 bridgehead atoms. The van der Waals surface area contributed by atoms with E-state index < -0.39 is 0 Å². The highest BCUT2D eigenvalue weighted by Crippen LogP contribution is 2.09. The Bertz CT molecular complexity index is 807. The Kier molecular flexibility index (Phi) is 5.17. The molecule has 7 nitrogen and oxygen atoms in total. The molecule has 0 spiro atoms. The third-order valence-corrected chi connectivity index (χ3v) is 4.33. The average molecular weight is 341 g/mol. The second-order valence-electron chi connectivity index (χ2n) is 5.11. The maximum atomic E-state index is 4.43. The second kappa shape index (κ2) is 7.69. The molecule has 0 aliphatic carbocycles. The van der Waals surface area contributed by atoms with Crippen LogP contribution in [0.5, 0.6) is 0 Å². The van der Waals surface area contributed by atoms with Gasteiger partial charge in [0.15, 0.2) is 11.8 Å². The Morgan fingerprint density at radius 1 is 1.21 bits per heavy atom. The predicted molar refractivity (Wildman–Crippen MR) is 95.2 cm³/mol. The minimum atomic E-state index is 0.519. The Morgan fingerprint density at radius 3 is 2.71 bits per heavy atom. The molecule has 2 heterocycles. The highest BCUT2D eigenvalue weighted by atomic mass is 32.1. The number of aromatic nitrogens is 4. The number of aryl methyl sites for hydroxylation is 1. The first-order valence-electron chi connectivity index (χ1n) is 7.56. The van der Waals surface area contributed by atoms with Gasteiger partial charge in [-0.3, -0.25) is 9.56 Å². The number of hydrogen-bond acceptors (Lipinski definition) is 5. The van der Waals surface area contributed by atoms with Gasteiger partial charge in [0.1, 0.15) is 11.3 Å². The molecule has 0 amide bonds. The van der Waals surface area contributed by atoms with Crippen LogP contribution in [0.2, 0.25) is 0 Å². The molecule has 0 aliphatic rings. The van der Waals surface area contributed by atoms with Crippen LogP contribution >= 0.6 is 11.3 Å². The van der Waals surface area contributed by atoms with Crippen molar-refractivity contribution in [2.45, 2.75) is 20.0 Å². The molecule has 3 rings (SSSR count). The fourth-order valence-electron chi connectivity index (χ4n) is 2.21. The second-order valence-corrected chi connectivity index (χ2v) is 6.06. The Hall–Kier alpha value is -2.74. The molecule has 8 heteroatoms. The van der Waals surface area contributed by atoms with E-state index in [1.54, 1.807) is 24.7 Å². The molecule has 0 atom stereocenters. The van der Waals surface area contributed by atoms with Crippen molar-refractivity contribution in [3.05, 3.63) is 58.6 Å². The van der Waals surface area contributed by atoms with Crippen molar-refractivity contribution in [1.82, 2.24) is 30.4 Å². The van der Waals surface area contributed by atoms with Crippen LogP contribution in [0, 0.1) is 6.92 Å². The van der Waals surface area contributed by atoms with Crippen LogP contribution in [0.25, 0.3) is 5.69 Å². The molecule has 0 aliphatic heterocycles. The normalized spacial score (nSPS) is 11.5. The number of hydrogen-bond donors (Lipinski definition) is 2. The summed E-state index contributed by atoms with van der Waals surface area (Å²) in [7, 11) is 1.74. The Labute approximate surface area is 144 Å². The number of rotatable bonds is 5. The van der Waals surface area contributed by atoms with E-state index in [4.69, 9.17) is 0 Å². The summed E-state index contributed by atoms with van der Waals surface area (Å²) in [5.74, 6) is 1.51. The van der Waals surface area contributed by atoms with Gasteiger partial charge in [-0.1, -0.05) is 18.2 Å². The van der Waals surface area contributed by atoms with E-state index in [0.29, 0.717) is 19.0 Å². The van der Waals surface area contributed by atoms with Crippen molar-refractivity contribution in [2.75, 3.05) is 7.05 Å². The molecular weight excluding hydrogens is 322 g/mol. The van der Waals surface area contributed by atoms with Gasteiger partial charge < -0.3 is 10.6 Å². The molecular formula is C16H19N7S. The number of thiazole rings is 1. The summed E-state index contributed by atoms with van der Waals surface area (Å²) in [4.78, 5) is 8.65. The maximum absolute atomic E-state index is 4.43. The molecule has 3 aromatic rings. The van der Waals surface area contributed by atoms with Crippen LogP contribution in [0.1, 0.15) is 16.5 Å². The summed E-state index contributed by atoms with van der Waals surface area (Å²) in [6.45, 7) is 3.15. The molecule has 2 aromatic heterocycles. The number of nitrogens with zero attached hydrogens (tertiary/aromatic N) is 5. The molecule has 0 unspecified atom stereocenters. The van der Waals surface area contributed by atoms with E-state index in [1.165, 1.54) is 0 Å². The summed E-state index contributed by atoms with van der Waals surface area (Å²) >= 11 is 1.63. The lowest BCUT2D eigenvalue weighted by Gasteiger charge is -2.11. The summed E-state index contributed by atoms with van der Waals surface area (Å²) in [5, 5.41) is 17.8. The van der Waals surface area contributed by atoms with Crippen LogP contribution < -0.4 is 10.6 Å². The highest BCUT2D eigenvalue weighted by molar-refractivity contribution is 7.09. The zero-order valence-electron chi connectivity index (χ0n) is 13.6. The minimum Gasteiger partial charge on any atom is -0.350 e. The fraction of sp³-hybridized carbons (Fsp3) is 0.250. The minimum absolute atomic E-state index is 0.519. The summed E-state index contributed by atoms with van der Waals surface area (Å²) in [6, 6.07) is 10.00. The highest BCUT2D eigenvalue weighted by Gasteiger charge is 2.07. The van der Waals surface area contributed by atoms with Gasteiger partial charge in [0, 0.05) is 23.8 Å². The van der Waals surface area contributed by atoms with E-state index in [9.17, 15) is 0 Å². The van der Waals surface area contributed by atoms with Gasteiger partial charge in [0.2, 0.25) is 0 Å². The van der Waals surface area contributed by atoms with Crippen LogP contribution in [0.3, 0.4) is 0 Å². The van der Waals surface area contributed by atoms with Crippen LogP contribution in [0.4, 0.5) is 0 Å². The van der Waals surface area contributed by atoms with Gasteiger partial charge in [-0.05, 0) is 19.1 Å². The summed E-state index contributed by atoms with van der Waals surface area (Å²) in [5.41, 5.74) is 2.07. The molecule has 0 saturated heterocycles. The van der Waals surface area contributed by atoms with Gasteiger partial charge in [-0.25, -0.2) is 4.98 Å². The van der Waals surface area contributed by atoms with E-state index in [-0.39, 0.29) is 0 Å². The zero-order valence-corrected chi connectivity index (χ0v) is 14.4. The third kappa shape index (κ3) is 3.96. The number of para-hydroxylation sites is 1. The topological polar surface area (TPSA) is 80.0 Å². The maximum Gasteiger partial charge on any atom is 0.191 e. The van der Waals surface area contributed by atoms with Gasteiger partial charge in [-0.15, -0.1) is 21.5 Å².